The van der Waals surface area contributed by atoms with E-state index < -0.39 is 0 Å². The first kappa shape index (κ1) is 9.42. The van der Waals surface area contributed by atoms with Gasteiger partial charge in [-0.1, -0.05) is 11.6 Å². The Morgan fingerprint density at radius 3 is 2.71 bits per heavy atom. The van der Waals surface area contributed by atoms with Crippen LogP contribution in [0.15, 0.2) is 4.63 Å². The molecule has 0 aromatic carbocycles. The summed E-state index contributed by atoms with van der Waals surface area (Å²) >= 11 is 5.53. The lowest BCUT2D eigenvalue weighted by Crippen LogP contribution is -2.37. The van der Waals surface area contributed by atoms with Gasteiger partial charge in [-0.3, -0.25) is 5.41 Å². The van der Waals surface area contributed by atoms with Crippen molar-refractivity contribution in [3.63, 3.8) is 0 Å². The third kappa shape index (κ3) is 1.71. The van der Waals surface area contributed by atoms with Crippen molar-refractivity contribution in [1.82, 2.24) is 10.3 Å². The van der Waals surface area contributed by atoms with Crippen LogP contribution >= 0.6 is 11.6 Å². The van der Waals surface area contributed by atoms with Crippen LogP contribution in [0.3, 0.4) is 0 Å². The number of anilines is 1. The largest absolute Gasteiger partial charge is 0.378 e. The van der Waals surface area contributed by atoms with Crippen molar-refractivity contribution in [2.45, 2.75) is 0 Å². The molecule has 14 heavy (non-hydrogen) atoms. The molecule has 0 unspecified atom stereocenters. The molecule has 1 N–H and O–H groups in total. The van der Waals surface area contributed by atoms with Gasteiger partial charge in [0, 0.05) is 13.1 Å². The third-order valence-corrected chi connectivity index (χ3v) is 2.17. The summed E-state index contributed by atoms with van der Waals surface area (Å²) in [7, 11) is 0. The lowest BCUT2D eigenvalue weighted by molar-refractivity contribution is 0.122. The van der Waals surface area contributed by atoms with Crippen molar-refractivity contribution in [3.05, 3.63) is 5.69 Å². The summed E-state index contributed by atoms with van der Waals surface area (Å²) in [5.74, 6) is 0.522. The van der Waals surface area contributed by atoms with E-state index in [1.54, 1.807) is 0 Å². The number of aromatic nitrogens is 2. The third-order valence-electron chi connectivity index (χ3n) is 1.99. The highest BCUT2D eigenvalue weighted by Crippen LogP contribution is 2.18. The summed E-state index contributed by atoms with van der Waals surface area (Å²) in [6.07, 6.45) is 0. The van der Waals surface area contributed by atoms with Gasteiger partial charge in [0.05, 0.1) is 13.2 Å². The first-order valence-electron chi connectivity index (χ1n) is 4.18. The highest BCUT2D eigenvalue weighted by Gasteiger charge is 2.21. The Hall–Kier alpha value is -1.14. The minimum absolute atomic E-state index is 0.159. The van der Waals surface area contributed by atoms with Crippen LogP contribution in [0, 0.1) is 5.41 Å². The maximum absolute atomic E-state index is 7.26. The molecule has 0 spiro atoms. The summed E-state index contributed by atoms with van der Waals surface area (Å²) in [4.78, 5) is 1.94. The van der Waals surface area contributed by atoms with Crippen LogP contribution in [-0.4, -0.2) is 41.8 Å². The SMILES string of the molecule is N=C(Cl)c1nonc1N1CCOCC1. The quantitative estimate of drug-likeness (QED) is 0.728. The van der Waals surface area contributed by atoms with Crippen LogP contribution in [0.1, 0.15) is 5.69 Å². The van der Waals surface area contributed by atoms with E-state index in [0.717, 1.165) is 0 Å². The van der Waals surface area contributed by atoms with Gasteiger partial charge in [-0.25, -0.2) is 4.63 Å². The van der Waals surface area contributed by atoms with E-state index in [1.165, 1.54) is 0 Å². The Kier molecular flexibility index (Phi) is 2.64. The summed E-state index contributed by atoms with van der Waals surface area (Å²) in [6, 6.07) is 0. The second kappa shape index (κ2) is 3.93. The molecular weight excluding hydrogens is 208 g/mol. The fraction of sp³-hybridized carbons (Fsp3) is 0.571. The molecule has 1 aliphatic heterocycles. The molecule has 1 aromatic rings. The minimum atomic E-state index is -0.159. The van der Waals surface area contributed by atoms with Crippen molar-refractivity contribution in [2.24, 2.45) is 0 Å². The average Bonchev–Trinajstić information content (AvgIpc) is 2.67. The van der Waals surface area contributed by atoms with Gasteiger partial charge in [-0.05, 0) is 10.3 Å². The molecule has 0 atom stereocenters. The number of halogens is 1. The zero-order valence-corrected chi connectivity index (χ0v) is 8.12. The summed E-state index contributed by atoms with van der Waals surface area (Å²) in [5, 5.41) is 14.4. The number of rotatable bonds is 2. The molecule has 1 saturated heterocycles. The van der Waals surface area contributed by atoms with Crippen LogP contribution in [0.2, 0.25) is 0 Å². The number of nitrogens with zero attached hydrogens (tertiary/aromatic N) is 3. The molecule has 6 nitrogen and oxygen atoms in total. The van der Waals surface area contributed by atoms with Gasteiger partial charge in [0.15, 0.2) is 10.9 Å². The Balaban J connectivity index is 2.21. The molecule has 2 rings (SSSR count). The Morgan fingerprint density at radius 2 is 2.07 bits per heavy atom. The maximum atomic E-state index is 7.26. The Labute approximate surface area is 85.2 Å². The molecule has 0 saturated carbocycles. The maximum Gasteiger partial charge on any atom is 0.204 e. The van der Waals surface area contributed by atoms with Crippen LogP contribution in [0.5, 0.6) is 0 Å². The van der Waals surface area contributed by atoms with Gasteiger partial charge in [0.1, 0.15) is 0 Å². The molecule has 2 heterocycles. The second-order valence-corrected chi connectivity index (χ2v) is 3.23. The predicted octanol–water partition coefficient (Wildman–Crippen LogP) is 0.470. The Bertz CT molecular complexity index is 334. The normalized spacial score (nSPS) is 17.1. The molecule has 0 aliphatic carbocycles. The molecule has 1 aliphatic rings. The first-order valence-corrected chi connectivity index (χ1v) is 4.56. The topological polar surface area (TPSA) is 75.2 Å². The van der Waals surface area contributed by atoms with E-state index in [2.05, 4.69) is 14.9 Å². The molecular formula is C7H9ClN4O2. The number of hydrogen-bond acceptors (Lipinski definition) is 6. The molecule has 1 aromatic heterocycles. The van der Waals surface area contributed by atoms with Crippen molar-refractivity contribution in [2.75, 3.05) is 31.2 Å². The number of ether oxygens (including phenoxy) is 1. The van der Waals surface area contributed by atoms with Crippen LogP contribution < -0.4 is 4.90 Å². The predicted molar refractivity (Wildman–Crippen MR) is 50.0 cm³/mol. The highest BCUT2D eigenvalue weighted by molar-refractivity contribution is 6.68. The number of nitrogens with one attached hydrogen (secondary N) is 1. The van der Waals surface area contributed by atoms with Gasteiger partial charge in [0.2, 0.25) is 5.82 Å². The molecule has 0 radical (unpaired) electrons. The molecule has 0 amide bonds. The summed E-state index contributed by atoms with van der Waals surface area (Å²) in [6.45, 7) is 2.71. The van der Waals surface area contributed by atoms with Gasteiger partial charge in [-0.15, -0.1) is 0 Å². The second-order valence-electron chi connectivity index (χ2n) is 2.85. The van der Waals surface area contributed by atoms with Crippen molar-refractivity contribution < 1.29 is 9.37 Å². The van der Waals surface area contributed by atoms with Crippen LogP contribution in [-0.2, 0) is 4.74 Å². The Morgan fingerprint density at radius 1 is 1.36 bits per heavy atom. The number of morpholine rings is 1. The lowest BCUT2D eigenvalue weighted by atomic mass is 10.3. The average molecular weight is 217 g/mol. The van der Waals surface area contributed by atoms with E-state index >= 15 is 0 Å². The first-order chi connectivity index (χ1) is 6.79. The van der Waals surface area contributed by atoms with E-state index in [0.29, 0.717) is 32.1 Å². The van der Waals surface area contributed by atoms with Crippen molar-refractivity contribution >= 4 is 22.6 Å². The standard InChI is InChI=1S/C7H9ClN4O2/c8-6(9)5-7(11-14-10-5)12-1-3-13-4-2-12/h9H,1-4H2. The molecule has 76 valence electrons. The fourth-order valence-corrected chi connectivity index (χ4v) is 1.42. The van der Waals surface area contributed by atoms with E-state index in [-0.39, 0.29) is 10.9 Å². The van der Waals surface area contributed by atoms with Gasteiger partial charge < -0.3 is 9.64 Å². The van der Waals surface area contributed by atoms with E-state index in [9.17, 15) is 0 Å². The van der Waals surface area contributed by atoms with E-state index in [1.807, 2.05) is 4.90 Å². The molecule has 1 fully saturated rings. The highest BCUT2D eigenvalue weighted by atomic mass is 35.5. The fourth-order valence-electron chi connectivity index (χ4n) is 1.30. The van der Waals surface area contributed by atoms with Gasteiger partial charge in [0.25, 0.3) is 0 Å². The monoisotopic (exact) mass is 216 g/mol. The van der Waals surface area contributed by atoms with Gasteiger partial charge >= 0.3 is 0 Å². The van der Waals surface area contributed by atoms with Crippen molar-refractivity contribution in [1.29, 1.82) is 5.41 Å². The smallest absolute Gasteiger partial charge is 0.204 e. The zero-order valence-electron chi connectivity index (χ0n) is 7.36. The van der Waals surface area contributed by atoms with Crippen molar-refractivity contribution in [3.8, 4) is 0 Å². The zero-order chi connectivity index (χ0) is 9.97. The van der Waals surface area contributed by atoms with Gasteiger partial charge in [-0.2, -0.15) is 0 Å². The number of hydrogen-bond donors (Lipinski definition) is 1. The van der Waals surface area contributed by atoms with E-state index in [4.69, 9.17) is 21.7 Å². The minimum Gasteiger partial charge on any atom is -0.378 e. The summed E-state index contributed by atoms with van der Waals surface area (Å²) < 4.78 is 9.74. The molecule has 0 bridgehead atoms. The molecule has 7 heteroatoms. The van der Waals surface area contributed by atoms with Crippen LogP contribution in [0.25, 0.3) is 0 Å². The lowest BCUT2D eigenvalue weighted by Gasteiger charge is -2.26. The van der Waals surface area contributed by atoms with Crippen LogP contribution in [0.4, 0.5) is 5.82 Å². The summed E-state index contributed by atoms with van der Waals surface area (Å²) in [5.41, 5.74) is 0.286.